The van der Waals surface area contributed by atoms with E-state index in [1.54, 1.807) is 12.0 Å². The molecular weight excluding hydrogens is 450 g/mol. The Morgan fingerprint density at radius 3 is 2.03 bits per heavy atom. The Hall–Kier alpha value is -3.03. The first-order chi connectivity index (χ1) is 15.0. The maximum Gasteiger partial charge on any atom is 0.241 e. The number of rotatable bonds is 7. The van der Waals surface area contributed by atoms with E-state index in [1.807, 2.05) is 60.7 Å². The van der Waals surface area contributed by atoms with Crippen molar-refractivity contribution in [2.24, 2.45) is 0 Å². The molecule has 0 heterocycles. The Morgan fingerprint density at radius 1 is 1.00 bits per heavy atom. The van der Waals surface area contributed by atoms with E-state index in [9.17, 15) is 4.79 Å². The average Bonchev–Trinajstić information content (AvgIpc) is 3.48. The molecule has 156 valence electrons. The topological polar surface area (TPSA) is 29.5 Å². The van der Waals surface area contributed by atoms with Crippen molar-refractivity contribution < 1.29 is 9.53 Å². The number of amides is 1. The Kier molecular flexibility index (Phi) is 5.89. The lowest BCUT2D eigenvalue weighted by molar-refractivity contribution is -0.131. The third kappa shape index (κ3) is 3.75. The fourth-order valence-electron chi connectivity index (χ4n) is 4.36. The van der Waals surface area contributed by atoms with Gasteiger partial charge >= 0.3 is 0 Å². The van der Waals surface area contributed by atoms with Gasteiger partial charge in [0.2, 0.25) is 5.91 Å². The van der Waals surface area contributed by atoms with E-state index in [2.05, 4.69) is 46.1 Å². The first kappa shape index (κ1) is 21.2. The molecule has 0 aromatic heterocycles. The van der Waals surface area contributed by atoms with Crippen molar-refractivity contribution in [3.05, 3.63) is 102 Å². The predicted molar refractivity (Wildman–Crippen MR) is 127 cm³/mol. The van der Waals surface area contributed by atoms with E-state index in [0.717, 1.165) is 22.4 Å². The van der Waals surface area contributed by atoms with Crippen LogP contribution >= 0.6 is 15.9 Å². The molecule has 4 rings (SSSR count). The van der Waals surface area contributed by atoms with Crippen molar-refractivity contribution in [3.63, 3.8) is 0 Å². The van der Waals surface area contributed by atoms with Crippen LogP contribution < -0.4 is 4.74 Å². The zero-order chi connectivity index (χ0) is 21.9. The zero-order valence-electron chi connectivity index (χ0n) is 17.4. The van der Waals surface area contributed by atoms with Gasteiger partial charge in [0.25, 0.3) is 0 Å². The molecule has 0 saturated heterocycles. The molecule has 0 bridgehead atoms. The van der Waals surface area contributed by atoms with Crippen molar-refractivity contribution >= 4 is 21.8 Å². The Morgan fingerprint density at radius 2 is 1.55 bits per heavy atom. The smallest absolute Gasteiger partial charge is 0.241 e. The lowest BCUT2D eigenvalue weighted by Gasteiger charge is -2.28. The zero-order valence-corrected chi connectivity index (χ0v) is 19.0. The van der Waals surface area contributed by atoms with Crippen LogP contribution in [0, 0.1) is 12.3 Å². The maximum atomic E-state index is 13.9. The molecule has 31 heavy (non-hydrogen) atoms. The molecular formula is C27H24BrNO2. The molecule has 1 amide bonds. The van der Waals surface area contributed by atoms with Crippen molar-refractivity contribution in [3.8, 4) is 18.1 Å². The minimum absolute atomic E-state index is 0.00831. The minimum atomic E-state index is -0.744. The van der Waals surface area contributed by atoms with Crippen LogP contribution in [0.25, 0.3) is 0 Å². The molecule has 4 heteroatoms. The second kappa shape index (κ2) is 8.61. The summed E-state index contributed by atoms with van der Waals surface area (Å²) in [5, 5.41) is 0. The van der Waals surface area contributed by atoms with Crippen LogP contribution in [-0.4, -0.2) is 28.8 Å². The molecule has 1 aliphatic carbocycles. The quantitative estimate of drug-likeness (QED) is 0.349. The van der Waals surface area contributed by atoms with E-state index in [4.69, 9.17) is 11.2 Å². The van der Waals surface area contributed by atoms with Crippen LogP contribution in [-0.2, 0) is 16.8 Å². The van der Waals surface area contributed by atoms with Gasteiger partial charge in [0.05, 0.1) is 13.7 Å². The number of alkyl halides is 1. The fraction of sp³-hybridized carbons (Fsp3) is 0.222. The van der Waals surface area contributed by atoms with Crippen LogP contribution in [0.1, 0.15) is 23.1 Å². The Bertz CT molecular complexity index is 1050. The second-order valence-corrected chi connectivity index (χ2v) is 9.18. The summed E-state index contributed by atoms with van der Waals surface area (Å²) in [5.74, 6) is 3.45. The SMILES string of the molecule is C#CCN(Cc1ccc(OC)cc1)C(=O)C1(Br)CC1(c1ccccc1)c1ccccc1. The first-order valence-electron chi connectivity index (χ1n) is 10.2. The molecule has 1 unspecified atom stereocenters. The number of carbonyl (C=O) groups is 1. The highest BCUT2D eigenvalue weighted by Gasteiger charge is 2.72. The van der Waals surface area contributed by atoms with Crippen molar-refractivity contribution in [2.75, 3.05) is 13.7 Å². The van der Waals surface area contributed by atoms with Gasteiger partial charge in [0.15, 0.2) is 0 Å². The largest absolute Gasteiger partial charge is 0.497 e. The average molecular weight is 474 g/mol. The molecule has 0 aliphatic heterocycles. The molecule has 1 aliphatic rings. The molecule has 1 atom stereocenters. The summed E-state index contributed by atoms with van der Waals surface area (Å²) in [7, 11) is 1.64. The summed E-state index contributed by atoms with van der Waals surface area (Å²) in [5.41, 5.74) is 2.82. The summed E-state index contributed by atoms with van der Waals surface area (Å²) in [6.07, 6.45) is 6.32. The number of ether oxygens (including phenoxy) is 1. The number of halogens is 1. The van der Waals surface area contributed by atoms with Crippen LogP contribution in [0.5, 0.6) is 5.75 Å². The number of nitrogens with zero attached hydrogens (tertiary/aromatic N) is 1. The lowest BCUT2D eigenvalue weighted by atomic mass is 9.85. The van der Waals surface area contributed by atoms with E-state index < -0.39 is 9.74 Å². The van der Waals surface area contributed by atoms with Crippen LogP contribution in [0.15, 0.2) is 84.9 Å². The number of hydrogen-bond donors (Lipinski definition) is 0. The second-order valence-electron chi connectivity index (χ2n) is 7.83. The van der Waals surface area contributed by atoms with E-state index >= 15 is 0 Å². The highest BCUT2D eigenvalue weighted by Crippen LogP contribution is 2.67. The molecule has 0 N–H and O–H groups in total. The number of methoxy groups -OCH3 is 1. The first-order valence-corrected chi connectivity index (χ1v) is 11.0. The summed E-state index contributed by atoms with van der Waals surface area (Å²) in [6, 6.07) is 28.2. The van der Waals surface area contributed by atoms with Gasteiger partial charge in [0, 0.05) is 12.0 Å². The van der Waals surface area contributed by atoms with Gasteiger partial charge < -0.3 is 9.64 Å². The van der Waals surface area contributed by atoms with Gasteiger partial charge in [-0.3, -0.25) is 4.79 Å². The summed E-state index contributed by atoms with van der Waals surface area (Å²) >= 11 is 3.88. The number of benzene rings is 3. The van der Waals surface area contributed by atoms with Gasteiger partial charge in [-0.15, -0.1) is 6.42 Å². The van der Waals surface area contributed by atoms with Crippen LogP contribution in [0.2, 0.25) is 0 Å². The highest BCUT2D eigenvalue weighted by atomic mass is 79.9. The van der Waals surface area contributed by atoms with Crippen LogP contribution in [0.4, 0.5) is 0 Å². The number of hydrogen-bond acceptors (Lipinski definition) is 2. The monoisotopic (exact) mass is 473 g/mol. The third-order valence-electron chi connectivity index (χ3n) is 6.03. The van der Waals surface area contributed by atoms with E-state index in [-0.39, 0.29) is 12.5 Å². The normalized spacial score (nSPS) is 18.6. The molecule has 0 radical (unpaired) electrons. The van der Waals surface area contributed by atoms with Gasteiger partial charge in [0.1, 0.15) is 10.1 Å². The standard InChI is InChI=1S/C27H24BrNO2/c1-3-18-29(19-21-14-16-24(31-2)17-15-21)25(30)27(28)20-26(27,22-10-6-4-7-11-22)23-12-8-5-9-13-23/h1,4-17H,18-20H2,2H3. The molecule has 3 aromatic rings. The minimum Gasteiger partial charge on any atom is -0.497 e. The summed E-state index contributed by atoms with van der Waals surface area (Å²) in [4.78, 5) is 15.6. The predicted octanol–water partition coefficient (Wildman–Crippen LogP) is 5.18. The van der Waals surface area contributed by atoms with Crippen molar-refractivity contribution in [1.29, 1.82) is 0 Å². The van der Waals surface area contributed by atoms with E-state index in [0.29, 0.717) is 13.0 Å². The third-order valence-corrected chi connectivity index (χ3v) is 7.33. The molecule has 3 nitrogen and oxygen atoms in total. The Balaban J connectivity index is 1.68. The molecule has 3 aromatic carbocycles. The highest BCUT2D eigenvalue weighted by molar-refractivity contribution is 9.10. The van der Waals surface area contributed by atoms with Gasteiger partial charge in [-0.05, 0) is 35.2 Å². The number of terminal acetylenes is 1. The van der Waals surface area contributed by atoms with E-state index in [1.165, 1.54) is 0 Å². The van der Waals surface area contributed by atoms with Gasteiger partial charge in [-0.1, -0.05) is 94.6 Å². The molecule has 0 spiro atoms. The summed E-state index contributed by atoms with van der Waals surface area (Å²) < 4.78 is 4.49. The van der Waals surface area contributed by atoms with Crippen LogP contribution in [0.3, 0.4) is 0 Å². The lowest BCUT2D eigenvalue weighted by Crippen LogP contribution is -2.41. The fourth-order valence-corrected chi connectivity index (χ4v) is 5.49. The molecule has 1 fully saturated rings. The van der Waals surface area contributed by atoms with Crippen molar-refractivity contribution in [2.45, 2.75) is 22.7 Å². The molecule has 1 saturated carbocycles. The van der Waals surface area contributed by atoms with Crippen molar-refractivity contribution in [1.82, 2.24) is 4.90 Å². The Labute approximate surface area is 192 Å². The maximum absolute atomic E-state index is 13.9. The van der Waals surface area contributed by atoms with Gasteiger partial charge in [-0.25, -0.2) is 0 Å². The van der Waals surface area contributed by atoms with Gasteiger partial charge in [-0.2, -0.15) is 0 Å². The number of carbonyl (C=O) groups excluding carboxylic acids is 1. The summed E-state index contributed by atoms with van der Waals surface area (Å²) in [6.45, 7) is 0.692.